The van der Waals surface area contributed by atoms with Crippen molar-refractivity contribution in [2.75, 3.05) is 30.4 Å². The molecule has 0 aromatic heterocycles. The summed E-state index contributed by atoms with van der Waals surface area (Å²) < 4.78 is 46.2. The van der Waals surface area contributed by atoms with E-state index in [4.69, 9.17) is 10.9 Å². The predicted molar refractivity (Wildman–Crippen MR) is 73.6 cm³/mol. The number of hydrogen-bond acceptors (Lipinski definition) is 6. The highest BCUT2D eigenvalue weighted by atomic mass is 32.2. The summed E-state index contributed by atoms with van der Waals surface area (Å²) in [6.45, 7) is 0.539. The van der Waals surface area contributed by atoms with Crippen LogP contribution in [0.5, 0.6) is 0 Å². The van der Waals surface area contributed by atoms with Gasteiger partial charge in [0.1, 0.15) is 4.90 Å². The first-order chi connectivity index (χ1) is 8.59. The molecule has 0 unspecified atom stereocenters. The van der Waals surface area contributed by atoms with Crippen LogP contribution in [-0.2, 0) is 20.0 Å². The highest BCUT2D eigenvalue weighted by Gasteiger charge is 2.12. The number of sulfonamides is 2. The minimum atomic E-state index is -3.84. The maximum Gasteiger partial charge on any atom is 0.240 e. The Bertz CT molecular complexity index is 655. The van der Waals surface area contributed by atoms with Crippen LogP contribution in [0.2, 0.25) is 0 Å². The van der Waals surface area contributed by atoms with E-state index in [1.54, 1.807) is 0 Å². The minimum absolute atomic E-state index is 0.0311. The van der Waals surface area contributed by atoms with Crippen molar-refractivity contribution in [3.63, 3.8) is 0 Å². The van der Waals surface area contributed by atoms with Gasteiger partial charge in [0, 0.05) is 18.8 Å². The van der Waals surface area contributed by atoms with Gasteiger partial charge in [0.05, 0.1) is 11.9 Å². The van der Waals surface area contributed by atoms with Gasteiger partial charge in [0.25, 0.3) is 0 Å². The van der Waals surface area contributed by atoms with Gasteiger partial charge in [-0.2, -0.15) is 0 Å². The number of anilines is 2. The van der Waals surface area contributed by atoms with Crippen molar-refractivity contribution < 1.29 is 16.8 Å². The molecule has 0 spiro atoms. The Morgan fingerprint density at radius 3 is 2.26 bits per heavy atom. The van der Waals surface area contributed by atoms with Gasteiger partial charge in [-0.05, 0) is 18.2 Å². The van der Waals surface area contributed by atoms with E-state index in [0.717, 1.165) is 6.26 Å². The molecule has 0 aliphatic heterocycles. The lowest BCUT2D eigenvalue weighted by Gasteiger charge is -2.09. The van der Waals surface area contributed by atoms with Gasteiger partial charge in [-0.15, -0.1) is 0 Å². The van der Waals surface area contributed by atoms with Gasteiger partial charge in [-0.1, -0.05) is 0 Å². The molecule has 1 aromatic carbocycles. The van der Waals surface area contributed by atoms with Gasteiger partial charge in [-0.25, -0.2) is 26.7 Å². The molecule has 1 aromatic rings. The number of benzene rings is 1. The molecular weight excluding hydrogens is 292 g/mol. The Labute approximate surface area is 112 Å². The van der Waals surface area contributed by atoms with Gasteiger partial charge in [-0.3, -0.25) is 0 Å². The second-order valence-electron chi connectivity index (χ2n) is 3.89. The van der Waals surface area contributed by atoms with Crippen LogP contribution in [0.25, 0.3) is 0 Å². The van der Waals surface area contributed by atoms with Crippen molar-refractivity contribution in [1.82, 2.24) is 4.72 Å². The Kier molecular flexibility index (Phi) is 4.74. The summed E-state index contributed by atoms with van der Waals surface area (Å²) in [5, 5.41) is 7.87. The molecule has 0 aliphatic rings. The lowest BCUT2D eigenvalue weighted by molar-refractivity contribution is 0.588. The molecule has 0 atom stereocenters. The lowest BCUT2D eigenvalue weighted by atomic mass is 10.3. The topological polar surface area (TPSA) is 144 Å². The smallest absolute Gasteiger partial charge is 0.240 e. The van der Waals surface area contributed by atoms with E-state index in [0.29, 0.717) is 12.2 Å². The fourth-order valence-corrected chi connectivity index (χ4v) is 2.48. The molecule has 10 heteroatoms. The zero-order valence-corrected chi connectivity index (χ0v) is 11.9. The molecular formula is C9H16N4O4S2. The Morgan fingerprint density at radius 2 is 1.79 bits per heavy atom. The maximum atomic E-state index is 11.1. The molecule has 0 radical (unpaired) electrons. The van der Waals surface area contributed by atoms with Crippen molar-refractivity contribution in [1.29, 1.82) is 0 Å². The van der Waals surface area contributed by atoms with E-state index in [-0.39, 0.29) is 17.1 Å². The first kappa shape index (κ1) is 15.7. The molecule has 1 rings (SSSR count). The molecule has 0 fully saturated rings. The summed E-state index contributed by atoms with van der Waals surface area (Å²) in [7, 11) is -7.06. The fraction of sp³-hybridized carbons (Fsp3) is 0.333. The van der Waals surface area contributed by atoms with E-state index in [9.17, 15) is 16.8 Å². The summed E-state index contributed by atoms with van der Waals surface area (Å²) in [6.07, 6.45) is 1.06. The monoisotopic (exact) mass is 308 g/mol. The molecule has 0 aliphatic carbocycles. The van der Waals surface area contributed by atoms with E-state index < -0.39 is 20.0 Å². The quantitative estimate of drug-likeness (QED) is 0.387. The van der Waals surface area contributed by atoms with Crippen LogP contribution in [0.1, 0.15) is 0 Å². The summed E-state index contributed by atoms with van der Waals surface area (Å²) in [5.74, 6) is 0. The number of nitrogens with two attached hydrogens (primary N) is 2. The number of hydrogen-bond donors (Lipinski definition) is 4. The average Bonchev–Trinajstić information content (AvgIpc) is 2.21. The maximum absolute atomic E-state index is 11.1. The van der Waals surface area contributed by atoms with E-state index in [2.05, 4.69) is 10.0 Å². The zero-order valence-electron chi connectivity index (χ0n) is 10.3. The normalized spacial score (nSPS) is 12.3. The van der Waals surface area contributed by atoms with Crippen LogP contribution >= 0.6 is 0 Å². The van der Waals surface area contributed by atoms with Crippen LogP contribution in [0.4, 0.5) is 11.4 Å². The largest absolute Gasteiger partial charge is 0.398 e. The van der Waals surface area contributed by atoms with Gasteiger partial charge >= 0.3 is 0 Å². The minimum Gasteiger partial charge on any atom is -0.398 e. The third-order valence-corrected chi connectivity index (χ3v) is 3.85. The first-order valence-corrected chi connectivity index (χ1v) is 8.64. The van der Waals surface area contributed by atoms with E-state index >= 15 is 0 Å². The third-order valence-electron chi connectivity index (χ3n) is 2.13. The van der Waals surface area contributed by atoms with Gasteiger partial charge in [0.15, 0.2) is 0 Å². The molecule has 0 amide bonds. The van der Waals surface area contributed by atoms with E-state index in [1.807, 2.05) is 0 Å². The molecule has 0 heterocycles. The van der Waals surface area contributed by atoms with E-state index in [1.165, 1.54) is 18.2 Å². The SMILES string of the molecule is CS(=O)(=O)NCCNc1ccc(S(N)(=O)=O)c(N)c1. The van der Waals surface area contributed by atoms with Crippen molar-refractivity contribution in [3.8, 4) is 0 Å². The number of nitrogen functional groups attached to an aromatic ring is 1. The molecule has 6 N–H and O–H groups in total. The van der Waals surface area contributed by atoms with Crippen LogP contribution in [0, 0.1) is 0 Å². The summed E-state index contributed by atoms with van der Waals surface area (Å²) in [5.41, 5.74) is 6.17. The molecule has 0 saturated heterocycles. The van der Waals surface area contributed by atoms with Crippen LogP contribution < -0.4 is 20.9 Å². The molecule has 0 bridgehead atoms. The van der Waals surface area contributed by atoms with Crippen molar-refractivity contribution >= 4 is 31.4 Å². The van der Waals surface area contributed by atoms with Crippen LogP contribution in [0.3, 0.4) is 0 Å². The molecule has 8 nitrogen and oxygen atoms in total. The molecule has 0 saturated carbocycles. The van der Waals surface area contributed by atoms with Crippen LogP contribution in [-0.4, -0.2) is 36.2 Å². The number of rotatable bonds is 6. The standard InChI is InChI=1S/C9H16N4O4S2/c1-18(14,15)13-5-4-12-7-2-3-9(8(10)6-7)19(11,16)17/h2-3,6,12-13H,4-5,10H2,1H3,(H2,11,16,17). The zero-order chi connectivity index (χ0) is 14.7. The second kappa shape index (κ2) is 5.74. The third kappa shape index (κ3) is 5.42. The fourth-order valence-electron chi connectivity index (χ4n) is 1.36. The Hall–Kier alpha value is -1.36. The van der Waals surface area contributed by atoms with Gasteiger partial charge in [0.2, 0.25) is 20.0 Å². The first-order valence-electron chi connectivity index (χ1n) is 5.20. The highest BCUT2D eigenvalue weighted by molar-refractivity contribution is 7.89. The summed E-state index contributed by atoms with van der Waals surface area (Å²) >= 11 is 0. The van der Waals surface area contributed by atoms with Crippen molar-refractivity contribution in [3.05, 3.63) is 18.2 Å². The molecule has 19 heavy (non-hydrogen) atoms. The predicted octanol–water partition coefficient (Wildman–Crippen LogP) is -1.12. The number of nitrogens with one attached hydrogen (secondary N) is 2. The summed E-state index contributed by atoms with van der Waals surface area (Å²) in [4.78, 5) is -0.146. The van der Waals surface area contributed by atoms with Crippen LogP contribution in [0.15, 0.2) is 23.1 Å². The Balaban J connectivity index is 2.65. The summed E-state index contributed by atoms with van der Waals surface area (Å²) in [6, 6.07) is 4.20. The highest BCUT2D eigenvalue weighted by Crippen LogP contribution is 2.20. The lowest BCUT2D eigenvalue weighted by Crippen LogP contribution is -2.27. The molecule has 108 valence electrons. The number of primary sulfonamides is 1. The average molecular weight is 308 g/mol. The second-order valence-corrected chi connectivity index (χ2v) is 7.25. The van der Waals surface area contributed by atoms with Crippen molar-refractivity contribution in [2.24, 2.45) is 5.14 Å². The Morgan fingerprint density at radius 1 is 1.16 bits per heavy atom. The van der Waals surface area contributed by atoms with Gasteiger partial charge < -0.3 is 11.1 Å². The van der Waals surface area contributed by atoms with Crippen molar-refractivity contribution in [2.45, 2.75) is 4.90 Å².